The van der Waals surface area contributed by atoms with Gasteiger partial charge in [-0.15, -0.1) is 0 Å². The van der Waals surface area contributed by atoms with Crippen LogP contribution in [0.3, 0.4) is 0 Å². The zero-order chi connectivity index (χ0) is 15.4. The standard InChI is InChI=1S/C13H18F3NO2S/c1-3-9-17(10-4-2)20(18,19)12-8-6-5-7-11(12)13(14,15)16/h5-8H,3-4,9-10H2,1-2H3. The van der Waals surface area contributed by atoms with Gasteiger partial charge in [-0.05, 0) is 25.0 Å². The predicted octanol–water partition coefficient (Wildman–Crippen LogP) is 3.52. The van der Waals surface area contributed by atoms with E-state index in [1.165, 1.54) is 12.1 Å². The van der Waals surface area contributed by atoms with Gasteiger partial charge < -0.3 is 0 Å². The van der Waals surface area contributed by atoms with E-state index in [2.05, 4.69) is 0 Å². The topological polar surface area (TPSA) is 37.4 Å². The summed E-state index contributed by atoms with van der Waals surface area (Å²) in [6, 6.07) is 4.30. The Bertz CT molecular complexity index is 535. The summed E-state index contributed by atoms with van der Waals surface area (Å²) in [5.41, 5.74) is -1.11. The SMILES string of the molecule is CCCN(CCC)S(=O)(=O)c1ccccc1C(F)(F)F. The van der Waals surface area contributed by atoms with Crippen LogP contribution in [0.15, 0.2) is 29.2 Å². The van der Waals surface area contributed by atoms with Gasteiger partial charge in [0.2, 0.25) is 10.0 Å². The van der Waals surface area contributed by atoms with Gasteiger partial charge >= 0.3 is 6.18 Å². The zero-order valence-electron chi connectivity index (χ0n) is 11.4. The Morgan fingerprint density at radius 1 is 1.05 bits per heavy atom. The molecule has 0 N–H and O–H groups in total. The summed E-state index contributed by atoms with van der Waals surface area (Å²) < 4.78 is 64.7. The van der Waals surface area contributed by atoms with Gasteiger partial charge in [0, 0.05) is 13.1 Å². The first-order valence-electron chi connectivity index (χ1n) is 6.41. The zero-order valence-corrected chi connectivity index (χ0v) is 12.3. The number of rotatable bonds is 6. The van der Waals surface area contributed by atoms with Crippen LogP contribution in [0.5, 0.6) is 0 Å². The fraction of sp³-hybridized carbons (Fsp3) is 0.538. The number of hydrogen-bond donors (Lipinski definition) is 0. The van der Waals surface area contributed by atoms with Crippen molar-refractivity contribution in [3.05, 3.63) is 29.8 Å². The number of halogens is 3. The lowest BCUT2D eigenvalue weighted by Crippen LogP contribution is -2.33. The fourth-order valence-electron chi connectivity index (χ4n) is 1.92. The van der Waals surface area contributed by atoms with Gasteiger partial charge in [0.1, 0.15) is 0 Å². The first kappa shape index (κ1) is 17.0. The Balaban J connectivity index is 3.34. The Morgan fingerprint density at radius 2 is 1.55 bits per heavy atom. The third kappa shape index (κ3) is 3.73. The Labute approximate surface area is 117 Å². The Morgan fingerprint density at radius 3 is 2.00 bits per heavy atom. The highest BCUT2D eigenvalue weighted by molar-refractivity contribution is 7.89. The second-order valence-electron chi connectivity index (χ2n) is 4.40. The normalized spacial score (nSPS) is 12.9. The second kappa shape index (κ2) is 6.58. The highest BCUT2D eigenvalue weighted by Crippen LogP contribution is 2.35. The molecule has 0 unspecified atom stereocenters. The quantitative estimate of drug-likeness (QED) is 0.806. The van der Waals surface area contributed by atoms with Gasteiger partial charge in [0.25, 0.3) is 0 Å². The van der Waals surface area contributed by atoms with E-state index in [1.807, 2.05) is 0 Å². The number of alkyl halides is 3. The molecule has 0 radical (unpaired) electrons. The molecule has 1 aromatic rings. The Kier molecular flexibility index (Phi) is 5.59. The van der Waals surface area contributed by atoms with Crippen molar-refractivity contribution in [3.8, 4) is 0 Å². The van der Waals surface area contributed by atoms with Gasteiger partial charge in [0.05, 0.1) is 10.5 Å². The molecule has 0 aliphatic rings. The molecule has 0 aliphatic heterocycles. The van der Waals surface area contributed by atoms with E-state index in [1.54, 1.807) is 13.8 Å². The van der Waals surface area contributed by atoms with E-state index in [0.717, 1.165) is 16.4 Å². The van der Waals surface area contributed by atoms with Crippen LogP contribution in [0, 0.1) is 0 Å². The van der Waals surface area contributed by atoms with Crippen molar-refractivity contribution in [3.63, 3.8) is 0 Å². The molecular weight excluding hydrogens is 291 g/mol. The maximum Gasteiger partial charge on any atom is 0.417 e. The minimum Gasteiger partial charge on any atom is -0.207 e. The maximum absolute atomic E-state index is 12.9. The average Bonchev–Trinajstić information content (AvgIpc) is 2.37. The third-order valence-electron chi connectivity index (χ3n) is 2.76. The van der Waals surface area contributed by atoms with Crippen LogP contribution in [0.4, 0.5) is 13.2 Å². The molecule has 0 bridgehead atoms. The summed E-state index contributed by atoms with van der Waals surface area (Å²) in [5, 5.41) is 0. The van der Waals surface area contributed by atoms with Gasteiger partial charge in [-0.3, -0.25) is 0 Å². The van der Waals surface area contributed by atoms with Gasteiger partial charge in [-0.1, -0.05) is 26.0 Å². The van der Waals surface area contributed by atoms with Crippen molar-refractivity contribution in [2.45, 2.75) is 37.8 Å². The molecule has 7 heteroatoms. The molecule has 0 spiro atoms. The minimum absolute atomic E-state index is 0.211. The van der Waals surface area contributed by atoms with Crippen LogP contribution in [0.25, 0.3) is 0 Å². The highest BCUT2D eigenvalue weighted by atomic mass is 32.2. The van der Waals surface area contributed by atoms with E-state index in [0.29, 0.717) is 12.8 Å². The molecule has 0 aromatic heterocycles. The molecule has 114 valence electrons. The molecular formula is C13H18F3NO2S. The molecule has 0 saturated carbocycles. The largest absolute Gasteiger partial charge is 0.417 e. The van der Waals surface area contributed by atoms with Crippen molar-refractivity contribution in [1.29, 1.82) is 0 Å². The molecule has 0 heterocycles. The van der Waals surface area contributed by atoms with E-state index < -0.39 is 26.7 Å². The molecule has 20 heavy (non-hydrogen) atoms. The lowest BCUT2D eigenvalue weighted by Gasteiger charge is -2.23. The summed E-state index contributed by atoms with van der Waals surface area (Å²) in [5.74, 6) is 0. The molecule has 0 atom stereocenters. The summed E-state index contributed by atoms with van der Waals surface area (Å²) >= 11 is 0. The van der Waals surface area contributed by atoms with E-state index in [9.17, 15) is 21.6 Å². The van der Waals surface area contributed by atoms with E-state index in [4.69, 9.17) is 0 Å². The van der Waals surface area contributed by atoms with Crippen molar-refractivity contribution in [1.82, 2.24) is 4.31 Å². The van der Waals surface area contributed by atoms with Crippen molar-refractivity contribution >= 4 is 10.0 Å². The number of nitrogens with zero attached hydrogens (tertiary/aromatic N) is 1. The predicted molar refractivity (Wildman–Crippen MR) is 70.8 cm³/mol. The summed E-state index contributed by atoms with van der Waals surface area (Å²) in [7, 11) is -4.13. The smallest absolute Gasteiger partial charge is 0.207 e. The second-order valence-corrected chi connectivity index (χ2v) is 6.30. The van der Waals surface area contributed by atoms with E-state index >= 15 is 0 Å². The molecule has 3 nitrogen and oxygen atoms in total. The molecule has 0 aliphatic carbocycles. The molecule has 0 fully saturated rings. The van der Waals surface area contributed by atoms with Gasteiger partial charge in [-0.25, -0.2) is 8.42 Å². The summed E-state index contributed by atoms with van der Waals surface area (Å²) in [4.78, 5) is -0.672. The summed E-state index contributed by atoms with van der Waals surface area (Å²) in [6.45, 7) is 3.99. The van der Waals surface area contributed by atoms with Crippen LogP contribution >= 0.6 is 0 Å². The lowest BCUT2D eigenvalue weighted by atomic mass is 10.2. The van der Waals surface area contributed by atoms with Crippen molar-refractivity contribution in [2.24, 2.45) is 0 Å². The van der Waals surface area contributed by atoms with Gasteiger partial charge in [0.15, 0.2) is 0 Å². The molecule has 1 aromatic carbocycles. The highest BCUT2D eigenvalue weighted by Gasteiger charge is 2.38. The molecule has 1 rings (SSSR count). The molecule has 0 amide bonds. The minimum atomic E-state index is -4.69. The lowest BCUT2D eigenvalue weighted by molar-refractivity contribution is -0.139. The number of benzene rings is 1. The Hall–Kier alpha value is -1.08. The number of sulfonamides is 1. The maximum atomic E-state index is 12.9. The van der Waals surface area contributed by atoms with Crippen LogP contribution < -0.4 is 0 Å². The van der Waals surface area contributed by atoms with Crippen LogP contribution in [0.2, 0.25) is 0 Å². The van der Waals surface area contributed by atoms with Crippen LogP contribution in [-0.2, 0) is 16.2 Å². The van der Waals surface area contributed by atoms with Gasteiger partial charge in [-0.2, -0.15) is 17.5 Å². The molecule has 0 saturated heterocycles. The third-order valence-corrected chi connectivity index (χ3v) is 4.71. The first-order chi connectivity index (χ1) is 9.25. The monoisotopic (exact) mass is 309 g/mol. The van der Waals surface area contributed by atoms with Crippen LogP contribution in [-0.4, -0.2) is 25.8 Å². The summed E-state index contributed by atoms with van der Waals surface area (Å²) in [6.07, 6.45) is -3.59. The van der Waals surface area contributed by atoms with E-state index in [-0.39, 0.29) is 13.1 Å². The fourth-order valence-corrected chi connectivity index (χ4v) is 3.75. The number of hydrogen-bond acceptors (Lipinski definition) is 2. The first-order valence-corrected chi connectivity index (χ1v) is 7.85. The van der Waals surface area contributed by atoms with Crippen molar-refractivity contribution in [2.75, 3.05) is 13.1 Å². The van der Waals surface area contributed by atoms with Crippen molar-refractivity contribution < 1.29 is 21.6 Å². The average molecular weight is 309 g/mol. The van der Waals surface area contributed by atoms with Crippen LogP contribution in [0.1, 0.15) is 32.3 Å².